The molecule has 0 aromatic carbocycles. The van der Waals surface area contributed by atoms with Crippen molar-refractivity contribution in [3.05, 3.63) is 0 Å². The summed E-state index contributed by atoms with van der Waals surface area (Å²) in [5.41, 5.74) is 0. The van der Waals surface area contributed by atoms with Gasteiger partial charge in [-0.25, -0.2) is 0 Å². The molecule has 2 aliphatic heterocycles. The Morgan fingerprint density at radius 1 is 0.655 bits per heavy atom. The third-order valence-corrected chi connectivity index (χ3v) is 6.37. The van der Waals surface area contributed by atoms with E-state index in [0.717, 1.165) is 77.6 Å². The van der Waals surface area contributed by atoms with Crippen LogP contribution in [-0.4, -0.2) is 102 Å². The lowest BCUT2D eigenvalue weighted by molar-refractivity contribution is 0.0274. The Balaban J connectivity index is 1.32. The SMILES string of the molecule is COCCCOCCN1CCC(CCOCCOCCN2CCC(C)CC2)CC1. The minimum atomic E-state index is 0.729. The van der Waals surface area contributed by atoms with Crippen LogP contribution in [0, 0.1) is 11.8 Å². The first-order chi connectivity index (χ1) is 14.3. The topological polar surface area (TPSA) is 43.4 Å². The highest BCUT2D eigenvalue weighted by molar-refractivity contribution is 4.72. The summed E-state index contributed by atoms with van der Waals surface area (Å²) in [5.74, 6) is 1.72. The van der Waals surface area contributed by atoms with E-state index in [0.29, 0.717) is 0 Å². The molecule has 0 amide bonds. The van der Waals surface area contributed by atoms with Crippen molar-refractivity contribution < 1.29 is 18.9 Å². The molecule has 172 valence electrons. The summed E-state index contributed by atoms with van der Waals surface area (Å²) in [5, 5.41) is 0. The third-order valence-electron chi connectivity index (χ3n) is 6.37. The van der Waals surface area contributed by atoms with Gasteiger partial charge in [0.15, 0.2) is 0 Å². The highest BCUT2D eigenvalue weighted by Gasteiger charge is 2.18. The lowest BCUT2D eigenvalue weighted by Crippen LogP contribution is -2.36. The molecular formula is C23H46N2O4. The number of piperidine rings is 2. The molecule has 0 aromatic heterocycles. The first kappa shape index (κ1) is 25.0. The second kappa shape index (κ2) is 16.5. The Morgan fingerprint density at radius 2 is 1.21 bits per heavy atom. The fraction of sp³-hybridized carbons (Fsp3) is 1.00. The molecule has 6 nitrogen and oxygen atoms in total. The van der Waals surface area contributed by atoms with Crippen LogP contribution in [-0.2, 0) is 18.9 Å². The van der Waals surface area contributed by atoms with Crippen LogP contribution < -0.4 is 0 Å². The molecule has 2 rings (SSSR count). The van der Waals surface area contributed by atoms with Crippen molar-refractivity contribution in [1.82, 2.24) is 9.80 Å². The van der Waals surface area contributed by atoms with Crippen LogP contribution in [0.1, 0.15) is 45.4 Å². The maximum absolute atomic E-state index is 5.80. The lowest BCUT2D eigenvalue weighted by Gasteiger charge is -2.31. The Bertz CT molecular complexity index is 370. The van der Waals surface area contributed by atoms with Crippen LogP contribution in [0.3, 0.4) is 0 Å². The number of rotatable bonds is 16. The summed E-state index contributed by atoms with van der Waals surface area (Å²) in [6.45, 7) is 15.0. The maximum atomic E-state index is 5.80. The van der Waals surface area contributed by atoms with E-state index in [1.807, 2.05) is 0 Å². The number of hydrogen-bond acceptors (Lipinski definition) is 6. The minimum Gasteiger partial charge on any atom is -0.385 e. The number of hydrogen-bond donors (Lipinski definition) is 0. The molecule has 0 radical (unpaired) electrons. The van der Waals surface area contributed by atoms with E-state index in [1.165, 1.54) is 58.3 Å². The Kier molecular flexibility index (Phi) is 14.2. The Hall–Kier alpha value is -0.240. The number of ether oxygens (including phenoxy) is 4. The molecule has 0 N–H and O–H groups in total. The standard InChI is InChI=1S/C23H46N2O4/c1-22-4-9-24(10-5-22)14-19-29-21-20-28-17-8-23-6-11-25(12-7-23)13-18-27-16-3-15-26-2/h22-23H,3-21H2,1-2H3. The molecule has 0 atom stereocenters. The van der Waals surface area contributed by atoms with E-state index in [4.69, 9.17) is 18.9 Å². The molecule has 2 fully saturated rings. The molecule has 0 bridgehead atoms. The van der Waals surface area contributed by atoms with Gasteiger partial charge < -0.3 is 28.7 Å². The summed E-state index contributed by atoms with van der Waals surface area (Å²) >= 11 is 0. The zero-order valence-electron chi connectivity index (χ0n) is 19.1. The molecule has 0 saturated carbocycles. The number of likely N-dealkylation sites (tertiary alicyclic amines) is 2. The first-order valence-corrected chi connectivity index (χ1v) is 11.9. The highest BCUT2D eigenvalue weighted by Crippen LogP contribution is 2.20. The van der Waals surface area contributed by atoms with Crippen molar-refractivity contribution in [3.63, 3.8) is 0 Å². The molecule has 29 heavy (non-hydrogen) atoms. The van der Waals surface area contributed by atoms with E-state index in [2.05, 4.69) is 16.7 Å². The second-order valence-corrected chi connectivity index (χ2v) is 8.78. The number of nitrogens with zero attached hydrogens (tertiary/aromatic N) is 2. The molecule has 0 aliphatic carbocycles. The average Bonchev–Trinajstić information content (AvgIpc) is 2.75. The summed E-state index contributed by atoms with van der Waals surface area (Å²) < 4.78 is 22.2. The van der Waals surface area contributed by atoms with Crippen LogP contribution >= 0.6 is 0 Å². The van der Waals surface area contributed by atoms with Crippen molar-refractivity contribution in [3.8, 4) is 0 Å². The number of methoxy groups -OCH3 is 1. The lowest BCUT2D eigenvalue weighted by atomic mass is 9.94. The molecule has 0 unspecified atom stereocenters. The Labute approximate surface area is 179 Å². The van der Waals surface area contributed by atoms with E-state index < -0.39 is 0 Å². The summed E-state index contributed by atoms with van der Waals surface area (Å²) in [7, 11) is 1.74. The van der Waals surface area contributed by atoms with Crippen molar-refractivity contribution in [2.24, 2.45) is 11.8 Å². The van der Waals surface area contributed by atoms with Gasteiger partial charge in [0.05, 0.1) is 26.4 Å². The van der Waals surface area contributed by atoms with Gasteiger partial charge in [-0.1, -0.05) is 6.92 Å². The van der Waals surface area contributed by atoms with Crippen molar-refractivity contribution in [2.45, 2.75) is 45.4 Å². The van der Waals surface area contributed by atoms with Gasteiger partial charge >= 0.3 is 0 Å². The monoisotopic (exact) mass is 414 g/mol. The van der Waals surface area contributed by atoms with E-state index in [-0.39, 0.29) is 0 Å². The van der Waals surface area contributed by atoms with Crippen LogP contribution in [0.25, 0.3) is 0 Å². The maximum Gasteiger partial charge on any atom is 0.0701 e. The average molecular weight is 415 g/mol. The quantitative estimate of drug-likeness (QED) is 0.362. The van der Waals surface area contributed by atoms with Crippen molar-refractivity contribution in [1.29, 1.82) is 0 Å². The molecule has 6 heteroatoms. The van der Waals surface area contributed by atoms with E-state index in [9.17, 15) is 0 Å². The fourth-order valence-corrected chi connectivity index (χ4v) is 4.15. The van der Waals surface area contributed by atoms with Gasteiger partial charge in [0.25, 0.3) is 0 Å². The third kappa shape index (κ3) is 12.3. The molecule has 0 aromatic rings. The molecule has 2 aliphatic rings. The first-order valence-electron chi connectivity index (χ1n) is 11.9. The van der Waals surface area contributed by atoms with Gasteiger partial charge in [0, 0.05) is 40.0 Å². The predicted octanol–water partition coefficient (Wildman–Crippen LogP) is 2.91. The Morgan fingerprint density at radius 3 is 1.83 bits per heavy atom. The normalized spacial score (nSPS) is 20.5. The van der Waals surface area contributed by atoms with Crippen LogP contribution in [0.4, 0.5) is 0 Å². The molecule has 2 heterocycles. The fourth-order valence-electron chi connectivity index (χ4n) is 4.15. The molecule has 2 saturated heterocycles. The second-order valence-electron chi connectivity index (χ2n) is 8.78. The summed E-state index contributed by atoms with van der Waals surface area (Å²) in [6, 6.07) is 0. The molecular weight excluding hydrogens is 368 g/mol. The van der Waals surface area contributed by atoms with Gasteiger partial charge in [-0.05, 0) is 76.5 Å². The summed E-state index contributed by atoms with van der Waals surface area (Å²) in [6.07, 6.45) is 7.43. The van der Waals surface area contributed by atoms with Crippen molar-refractivity contribution >= 4 is 0 Å². The van der Waals surface area contributed by atoms with E-state index in [1.54, 1.807) is 7.11 Å². The minimum absolute atomic E-state index is 0.729. The van der Waals surface area contributed by atoms with Crippen LogP contribution in [0.2, 0.25) is 0 Å². The van der Waals surface area contributed by atoms with Crippen molar-refractivity contribution in [2.75, 3.05) is 92.6 Å². The van der Waals surface area contributed by atoms with Gasteiger partial charge in [-0.3, -0.25) is 0 Å². The van der Waals surface area contributed by atoms with Gasteiger partial charge in [-0.2, -0.15) is 0 Å². The zero-order chi connectivity index (χ0) is 20.6. The smallest absolute Gasteiger partial charge is 0.0701 e. The van der Waals surface area contributed by atoms with Gasteiger partial charge in [0.1, 0.15) is 0 Å². The largest absolute Gasteiger partial charge is 0.385 e. The molecule has 0 spiro atoms. The van der Waals surface area contributed by atoms with Crippen LogP contribution in [0.15, 0.2) is 0 Å². The predicted molar refractivity (Wildman–Crippen MR) is 118 cm³/mol. The summed E-state index contributed by atoms with van der Waals surface area (Å²) in [4.78, 5) is 5.06. The van der Waals surface area contributed by atoms with E-state index >= 15 is 0 Å². The van der Waals surface area contributed by atoms with Crippen LogP contribution in [0.5, 0.6) is 0 Å². The van der Waals surface area contributed by atoms with Gasteiger partial charge in [0.2, 0.25) is 0 Å². The van der Waals surface area contributed by atoms with Gasteiger partial charge in [-0.15, -0.1) is 0 Å². The highest BCUT2D eigenvalue weighted by atomic mass is 16.5. The zero-order valence-corrected chi connectivity index (χ0v) is 19.1.